The molecule has 0 spiro atoms. The predicted molar refractivity (Wildman–Crippen MR) is 72.6 cm³/mol. The second-order valence-corrected chi connectivity index (χ2v) is 4.66. The first-order chi connectivity index (χ1) is 9.88. The fourth-order valence-corrected chi connectivity index (χ4v) is 2.03. The van der Waals surface area contributed by atoms with E-state index in [1.165, 1.54) is 16.8 Å². The quantitative estimate of drug-likeness (QED) is 0.942. The molecule has 0 aliphatic heterocycles. The van der Waals surface area contributed by atoms with Gasteiger partial charge in [-0.2, -0.15) is 0 Å². The number of nitrogens with zero attached hydrogens (tertiary/aromatic N) is 1. The summed E-state index contributed by atoms with van der Waals surface area (Å²) >= 11 is 0. The Hall–Kier alpha value is -2.50. The van der Waals surface area contributed by atoms with Crippen LogP contribution in [0.15, 0.2) is 35.3 Å². The molecule has 6 heteroatoms. The van der Waals surface area contributed by atoms with Gasteiger partial charge in [-0.1, -0.05) is 0 Å². The van der Waals surface area contributed by atoms with E-state index in [1.807, 2.05) is 0 Å². The maximum atomic E-state index is 13.8. The van der Waals surface area contributed by atoms with Crippen LogP contribution in [-0.2, 0) is 11.2 Å². The van der Waals surface area contributed by atoms with Crippen LogP contribution < -0.4 is 5.43 Å². The summed E-state index contributed by atoms with van der Waals surface area (Å²) in [5.41, 5.74) is 0.334. The van der Waals surface area contributed by atoms with Gasteiger partial charge in [-0.15, -0.1) is 0 Å². The largest absolute Gasteiger partial charge is 0.481 e. The summed E-state index contributed by atoms with van der Waals surface area (Å²) in [5, 5.41) is 8.67. The molecular formula is C15H13F2NO3. The van der Waals surface area contributed by atoms with Gasteiger partial charge in [0.05, 0.1) is 5.69 Å². The van der Waals surface area contributed by atoms with Crippen molar-refractivity contribution in [2.45, 2.75) is 19.8 Å². The third kappa shape index (κ3) is 3.34. The second-order valence-electron chi connectivity index (χ2n) is 4.66. The summed E-state index contributed by atoms with van der Waals surface area (Å²) in [6.07, 6.45) is 1.19. The SMILES string of the molecule is Cc1cc(=O)c(CCC(=O)O)cn1-c1cc(F)ccc1F. The molecule has 1 aromatic heterocycles. The number of rotatable bonds is 4. The van der Waals surface area contributed by atoms with Crippen molar-refractivity contribution < 1.29 is 18.7 Å². The van der Waals surface area contributed by atoms with E-state index < -0.39 is 17.6 Å². The second kappa shape index (κ2) is 5.87. The Labute approximate surface area is 119 Å². The van der Waals surface area contributed by atoms with Crippen molar-refractivity contribution in [1.29, 1.82) is 0 Å². The van der Waals surface area contributed by atoms with Crippen LogP contribution in [-0.4, -0.2) is 15.6 Å². The van der Waals surface area contributed by atoms with Crippen LogP contribution in [0.25, 0.3) is 5.69 Å². The summed E-state index contributed by atoms with van der Waals surface area (Å²) in [4.78, 5) is 22.4. The average molecular weight is 293 g/mol. The number of hydrogen-bond acceptors (Lipinski definition) is 2. The maximum absolute atomic E-state index is 13.8. The van der Waals surface area contributed by atoms with Crippen LogP contribution >= 0.6 is 0 Å². The van der Waals surface area contributed by atoms with Crippen molar-refractivity contribution in [3.63, 3.8) is 0 Å². The molecule has 0 atom stereocenters. The summed E-state index contributed by atoms with van der Waals surface area (Å²) in [5.74, 6) is -2.26. The Morgan fingerprint density at radius 3 is 2.67 bits per heavy atom. The molecule has 0 unspecified atom stereocenters. The Morgan fingerprint density at radius 1 is 1.29 bits per heavy atom. The first-order valence-electron chi connectivity index (χ1n) is 6.28. The van der Waals surface area contributed by atoms with E-state index in [1.54, 1.807) is 6.92 Å². The van der Waals surface area contributed by atoms with E-state index in [0.717, 1.165) is 18.2 Å². The van der Waals surface area contributed by atoms with Gasteiger partial charge < -0.3 is 9.67 Å². The highest BCUT2D eigenvalue weighted by molar-refractivity contribution is 5.67. The van der Waals surface area contributed by atoms with Gasteiger partial charge in [0.25, 0.3) is 0 Å². The molecule has 2 aromatic rings. The highest BCUT2D eigenvalue weighted by Crippen LogP contribution is 2.17. The molecule has 0 fully saturated rings. The summed E-state index contributed by atoms with van der Waals surface area (Å²) in [7, 11) is 0. The lowest BCUT2D eigenvalue weighted by molar-refractivity contribution is -0.136. The van der Waals surface area contributed by atoms with E-state index in [9.17, 15) is 18.4 Å². The summed E-state index contributed by atoms with van der Waals surface area (Å²) in [6, 6.07) is 4.30. The summed E-state index contributed by atoms with van der Waals surface area (Å²) < 4.78 is 28.4. The molecule has 1 aromatic carbocycles. The first kappa shape index (κ1) is 14.9. The number of pyridine rings is 1. The molecule has 0 amide bonds. The van der Waals surface area contributed by atoms with Crippen LogP contribution in [0, 0.1) is 18.6 Å². The zero-order valence-corrected chi connectivity index (χ0v) is 11.3. The molecule has 0 radical (unpaired) electrons. The molecule has 0 saturated heterocycles. The fraction of sp³-hybridized carbons (Fsp3) is 0.200. The van der Waals surface area contributed by atoms with Crippen molar-refractivity contribution in [3.05, 3.63) is 63.6 Å². The molecule has 110 valence electrons. The molecule has 0 aliphatic carbocycles. The number of carbonyl (C=O) groups is 1. The fourth-order valence-electron chi connectivity index (χ4n) is 2.03. The van der Waals surface area contributed by atoms with Crippen LogP contribution in [0.3, 0.4) is 0 Å². The Balaban J connectivity index is 2.53. The minimum absolute atomic E-state index is 0.0240. The van der Waals surface area contributed by atoms with Crippen molar-refractivity contribution in [1.82, 2.24) is 4.57 Å². The van der Waals surface area contributed by atoms with Gasteiger partial charge >= 0.3 is 5.97 Å². The zero-order valence-electron chi connectivity index (χ0n) is 11.3. The van der Waals surface area contributed by atoms with Crippen LogP contribution in [0.5, 0.6) is 0 Å². The zero-order chi connectivity index (χ0) is 15.6. The van der Waals surface area contributed by atoms with Crippen molar-refractivity contribution in [3.8, 4) is 5.69 Å². The smallest absolute Gasteiger partial charge is 0.303 e. The van der Waals surface area contributed by atoms with Crippen molar-refractivity contribution in [2.24, 2.45) is 0 Å². The minimum atomic E-state index is -1.03. The number of halogens is 2. The number of benzene rings is 1. The van der Waals surface area contributed by atoms with Crippen LogP contribution in [0.2, 0.25) is 0 Å². The number of aliphatic carboxylic acids is 1. The van der Waals surface area contributed by atoms with E-state index in [0.29, 0.717) is 5.69 Å². The standard InChI is InChI=1S/C15H13F2NO3/c1-9-6-14(19)10(2-5-15(20)21)8-18(9)13-7-11(16)3-4-12(13)17/h3-4,6-8H,2,5H2,1H3,(H,20,21). The molecule has 0 bridgehead atoms. The molecule has 1 heterocycles. The van der Waals surface area contributed by atoms with Gasteiger partial charge in [0.15, 0.2) is 5.43 Å². The van der Waals surface area contributed by atoms with Crippen molar-refractivity contribution in [2.75, 3.05) is 0 Å². The van der Waals surface area contributed by atoms with E-state index in [4.69, 9.17) is 5.11 Å². The predicted octanol–water partition coefficient (Wildman–Crippen LogP) is 2.44. The van der Waals surface area contributed by atoms with Gasteiger partial charge in [-0.3, -0.25) is 9.59 Å². The topological polar surface area (TPSA) is 59.3 Å². The average Bonchev–Trinajstić information content (AvgIpc) is 2.41. The lowest BCUT2D eigenvalue weighted by atomic mass is 10.1. The third-order valence-corrected chi connectivity index (χ3v) is 3.10. The molecule has 21 heavy (non-hydrogen) atoms. The maximum Gasteiger partial charge on any atom is 0.303 e. The number of aryl methyl sites for hydroxylation is 2. The molecular weight excluding hydrogens is 280 g/mol. The lowest BCUT2D eigenvalue weighted by Gasteiger charge is -2.13. The third-order valence-electron chi connectivity index (χ3n) is 3.10. The number of carboxylic acids is 1. The van der Waals surface area contributed by atoms with Gasteiger partial charge in [0, 0.05) is 36.0 Å². The highest BCUT2D eigenvalue weighted by atomic mass is 19.1. The number of carboxylic acid groups (broad SMARTS) is 1. The number of hydrogen-bond donors (Lipinski definition) is 1. The van der Waals surface area contributed by atoms with Gasteiger partial charge in [0.2, 0.25) is 0 Å². The molecule has 1 N–H and O–H groups in total. The van der Waals surface area contributed by atoms with Crippen LogP contribution in [0.4, 0.5) is 8.78 Å². The molecule has 0 saturated carbocycles. The highest BCUT2D eigenvalue weighted by Gasteiger charge is 2.11. The lowest BCUT2D eigenvalue weighted by Crippen LogP contribution is -2.16. The van der Waals surface area contributed by atoms with Crippen molar-refractivity contribution >= 4 is 5.97 Å². The van der Waals surface area contributed by atoms with E-state index in [-0.39, 0.29) is 29.5 Å². The molecule has 2 rings (SSSR count). The van der Waals surface area contributed by atoms with E-state index in [2.05, 4.69) is 0 Å². The minimum Gasteiger partial charge on any atom is -0.481 e. The van der Waals surface area contributed by atoms with E-state index >= 15 is 0 Å². The molecule has 0 aliphatic rings. The summed E-state index contributed by atoms with van der Waals surface area (Å²) in [6.45, 7) is 1.59. The Morgan fingerprint density at radius 2 is 2.00 bits per heavy atom. The van der Waals surface area contributed by atoms with Gasteiger partial charge in [-0.05, 0) is 25.5 Å². The molecule has 4 nitrogen and oxygen atoms in total. The van der Waals surface area contributed by atoms with Gasteiger partial charge in [-0.25, -0.2) is 8.78 Å². The normalized spacial score (nSPS) is 10.6. The van der Waals surface area contributed by atoms with Crippen LogP contribution in [0.1, 0.15) is 17.7 Å². The monoisotopic (exact) mass is 293 g/mol. The Bertz CT molecular complexity index is 753. The van der Waals surface area contributed by atoms with Gasteiger partial charge in [0.1, 0.15) is 11.6 Å². The Kier molecular flexibility index (Phi) is 4.16. The first-order valence-corrected chi connectivity index (χ1v) is 6.28. The number of aromatic nitrogens is 1.